The summed E-state index contributed by atoms with van der Waals surface area (Å²) in [4.78, 5) is 2.46. The van der Waals surface area contributed by atoms with Crippen LogP contribution in [-0.2, 0) is 11.2 Å². The molecule has 2 aliphatic rings. The maximum Gasteiger partial charge on any atom is 0.0699 e. The van der Waals surface area contributed by atoms with Crippen LogP contribution in [0.15, 0.2) is 30.3 Å². The van der Waals surface area contributed by atoms with Crippen LogP contribution in [0.4, 0.5) is 0 Å². The van der Waals surface area contributed by atoms with Gasteiger partial charge in [0.1, 0.15) is 0 Å². The van der Waals surface area contributed by atoms with Crippen LogP contribution in [-0.4, -0.2) is 48.0 Å². The molecule has 2 heterocycles. The molecular weight excluding hydrogens is 226 g/mol. The highest BCUT2D eigenvalue weighted by atomic mass is 16.5. The Labute approximate surface area is 108 Å². The third kappa shape index (κ3) is 2.44. The van der Waals surface area contributed by atoms with Gasteiger partial charge >= 0.3 is 0 Å². The summed E-state index contributed by atoms with van der Waals surface area (Å²) in [6, 6.07) is 11.3. The van der Waals surface area contributed by atoms with Crippen molar-refractivity contribution >= 4 is 0 Å². The number of piperidine rings is 1. The molecular formula is C15H21NO2. The summed E-state index contributed by atoms with van der Waals surface area (Å²) in [5, 5.41) is 10.3. The van der Waals surface area contributed by atoms with Crippen LogP contribution < -0.4 is 0 Å². The lowest BCUT2D eigenvalue weighted by atomic mass is 9.91. The van der Waals surface area contributed by atoms with Gasteiger partial charge in [-0.15, -0.1) is 0 Å². The van der Waals surface area contributed by atoms with E-state index in [1.54, 1.807) is 0 Å². The lowest BCUT2D eigenvalue weighted by Crippen LogP contribution is -2.59. The predicted molar refractivity (Wildman–Crippen MR) is 70.5 cm³/mol. The number of hydrogen-bond donors (Lipinski definition) is 1. The SMILES string of the molecule is O[C@H]1CCCN(C2COC2)[C@H]1Cc1ccccc1. The number of nitrogens with zero attached hydrogens (tertiary/aromatic N) is 1. The Kier molecular flexibility index (Phi) is 3.64. The minimum atomic E-state index is -0.195. The number of aliphatic hydroxyl groups excluding tert-OH is 1. The van der Waals surface area contributed by atoms with E-state index in [0.717, 1.165) is 39.0 Å². The van der Waals surface area contributed by atoms with Gasteiger partial charge in [-0.05, 0) is 31.4 Å². The molecule has 1 N–H and O–H groups in total. The lowest BCUT2D eigenvalue weighted by Gasteiger charge is -2.46. The molecule has 0 amide bonds. The van der Waals surface area contributed by atoms with Gasteiger partial charge in [0.15, 0.2) is 0 Å². The first kappa shape index (κ1) is 12.2. The molecule has 2 saturated heterocycles. The Morgan fingerprint density at radius 2 is 2.00 bits per heavy atom. The molecule has 0 aliphatic carbocycles. The maximum absolute atomic E-state index is 10.3. The first-order valence-corrected chi connectivity index (χ1v) is 6.90. The Bertz CT molecular complexity index is 377. The summed E-state index contributed by atoms with van der Waals surface area (Å²) >= 11 is 0. The highest BCUT2D eigenvalue weighted by Gasteiger charge is 2.37. The van der Waals surface area contributed by atoms with Crippen LogP contribution in [0.3, 0.4) is 0 Å². The van der Waals surface area contributed by atoms with Crippen LogP contribution >= 0.6 is 0 Å². The monoisotopic (exact) mass is 247 g/mol. The van der Waals surface area contributed by atoms with Crippen LogP contribution in [0.5, 0.6) is 0 Å². The largest absolute Gasteiger partial charge is 0.391 e. The van der Waals surface area contributed by atoms with Gasteiger partial charge in [0.25, 0.3) is 0 Å². The van der Waals surface area contributed by atoms with Gasteiger partial charge < -0.3 is 9.84 Å². The Balaban J connectivity index is 1.72. The summed E-state index contributed by atoms with van der Waals surface area (Å²) in [6.07, 6.45) is 2.78. The Morgan fingerprint density at radius 1 is 1.22 bits per heavy atom. The number of ether oxygens (including phenoxy) is 1. The van der Waals surface area contributed by atoms with Crippen LogP contribution in [0, 0.1) is 0 Å². The second-order valence-electron chi connectivity index (χ2n) is 5.40. The van der Waals surface area contributed by atoms with E-state index in [2.05, 4.69) is 29.2 Å². The second kappa shape index (κ2) is 5.39. The van der Waals surface area contributed by atoms with E-state index in [9.17, 15) is 5.11 Å². The summed E-state index contributed by atoms with van der Waals surface area (Å²) in [7, 11) is 0. The Morgan fingerprint density at radius 3 is 2.67 bits per heavy atom. The lowest BCUT2D eigenvalue weighted by molar-refractivity contribution is -0.110. The predicted octanol–water partition coefficient (Wildman–Crippen LogP) is 1.45. The van der Waals surface area contributed by atoms with Crippen molar-refractivity contribution in [2.24, 2.45) is 0 Å². The number of benzene rings is 1. The summed E-state index contributed by atoms with van der Waals surface area (Å²) in [6.45, 7) is 2.76. The van der Waals surface area contributed by atoms with Crippen LogP contribution in [0.1, 0.15) is 18.4 Å². The average molecular weight is 247 g/mol. The molecule has 18 heavy (non-hydrogen) atoms. The van der Waals surface area contributed by atoms with Crippen molar-refractivity contribution in [3.8, 4) is 0 Å². The molecule has 0 radical (unpaired) electrons. The van der Waals surface area contributed by atoms with E-state index in [4.69, 9.17) is 4.74 Å². The molecule has 0 bridgehead atoms. The smallest absolute Gasteiger partial charge is 0.0699 e. The van der Waals surface area contributed by atoms with Crippen molar-refractivity contribution in [3.05, 3.63) is 35.9 Å². The molecule has 3 heteroatoms. The molecule has 1 aromatic rings. The van der Waals surface area contributed by atoms with Gasteiger partial charge in [0.05, 0.1) is 25.4 Å². The highest BCUT2D eigenvalue weighted by Crippen LogP contribution is 2.26. The molecule has 3 nitrogen and oxygen atoms in total. The van der Waals surface area contributed by atoms with E-state index in [1.807, 2.05) is 6.07 Å². The second-order valence-corrected chi connectivity index (χ2v) is 5.40. The van der Waals surface area contributed by atoms with E-state index in [1.165, 1.54) is 5.56 Å². The normalized spacial score (nSPS) is 30.1. The van der Waals surface area contributed by atoms with E-state index in [0.29, 0.717) is 6.04 Å². The van der Waals surface area contributed by atoms with Gasteiger partial charge in [0.2, 0.25) is 0 Å². The molecule has 2 aliphatic heterocycles. The van der Waals surface area contributed by atoms with Crippen LogP contribution in [0.2, 0.25) is 0 Å². The fraction of sp³-hybridized carbons (Fsp3) is 0.600. The quantitative estimate of drug-likeness (QED) is 0.877. The maximum atomic E-state index is 10.3. The molecule has 0 saturated carbocycles. The van der Waals surface area contributed by atoms with Gasteiger partial charge in [0, 0.05) is 6.04 Å². The van der Waals surface area contributed by atoms with Gasteiger partial charge in [-0.2, -0.15) is 0 Å². The first-order valence-electron chi connectivity index (χ1n) is 6.90. The molecule has 0 spiro atoms. The zero-order chi connectivity index (χ0) is 12.4. The zero-order valence-corrected chi connectivity index (χ0v) is 10.7. The molecule has 0 unspecified atom stereocenters. The molecule has 98 valence electrons. The molecule has 1 aromatic carbocycles. The van der Waals surface area contributed by atoms with Crippen molar-refractivity contribution < 1.29 is 9.84 Å². The fourth-order valence-corrected chi connectivity index (χ4v) is 3.04. The molecule has 0 aromatic heterocycles. The topological polar surface area (TPSA) is 32.7 Å². The summed E-state index contributed by atoms with van der Waals surface area (Å²) < 4.78 is 5.30. The molecule has 2 atom stereocenters. The minimum absolute atomic E-state index is 0.195. The van der Waals surface area contributed by atoms with Crippen molar-refractivity contribution in [2.75, 3.05) is 19.8 Å². The van der Waals surface area contributed by atoms with E-state index >= 15 is 0 Å². The summed E-state index contributed by atoms with van der Waals surface area (Å²) in [5.41, 5.74) is 1.31. The number of rotatable bonds is 3. The van der Waals surface area contributed by atoms with Crippen molar-refractivity contribution in [3.63, 3.8) is 0 Å². The molecule has 3 rings (SSSR count). The number of likely N-dealkylation sites (tertiary alicyclic amines) is 1. The zero-order valence-electron chi connectivity index (χ0n) is 10.7. The number of hydrogen-bond acceptors (Lipinski definition) is 3. The summed E-state index contributed by atoms with van der Waals surface area (Å²) in [5.74, 6) is 0. The average Bonchev–Trinajstić information content (AvgIpc) is 2.33. The van der Waals surface area contributed by atoms with Gasteiger partial charge in [-0.25, -0.2) is 0 Å². The molecule has 2 fully saturated rings. The Hall–Kier alpha value is -0.900. The first-order chi connectivity index (χ1) is 8.84. The number of aliphatic hydroxyl groups is 1. The third-order valence-corrected chi connectivity index (χ3v) is 4.16. The fourth-order valence-electron chi connectivity index (χ4n) is 3.04. The standard InChI is InChI=1S/C15H21NO2/c17-15-7-4-8-16(13-10-18-11-13)14(15)9-12-5-2-1-3-6-12/h1-3,5-6,13-15,17H,4,7-11H2/t14-,15-/m0/s1. The van der Waals surface area contributed by atoms with Gasteiger partial charge in [-0.1, -0.05) is 30.3 Å². The van der Waals surface area contributed by atoms with Crippen LogP contribution in [0.25, 0.3) is 0 Å². The third-order valence-electron chi connectivity index (χ3n) is 4.16. The van der Waals surface area contributed by atoms with Crippen molar-refractivity contribution in [2.45, 2.75) is 37.5 Å². The van der Waals surface area contributed by atoms with E-state index < -0.39 is 0 Å². The van der Waals surface area contributed by atoms with Crippen molar-refractivity contribution in [1.29, 1.82) is 0 Å². The van der Waals surface area contributed by atoms with Crippen molar-refractivity contribution in [1.82, 2.24) is 4.90 Å². The van der Waals surface area contributed by atoms with Gasteiger partial charge in [-0.3, -0.25) is 4.90 Å². The van der Waals surface area contributed by atoms with E-state index in [-0.39, 0.29) is 12.1 Å². The minimum Gasteiger partial charge on any atom is -0.391 e. The highest BCUT2D eigenvalue weighted by molar-refractivity contribution is 5.17.